The molecule has 2 nitrogen and oxygen atoms in total. The first-order valence-electron chi connectivity index (χ1n) is 6.33. The molecule has 2 aliphatic heterocycles. The average Bonchev–Trinajstić information content (AvgIpc) is 2.94. The SMILES string of the molecule is CC1NCCCC12CCCN2C1CC1. The number of rotatable bonds is 1. The summed E-state index contributed by atoms with van der Waals surface area (Å²) in [6.45, 7) is 5.01. The van der Waals surface area contributed by atoms with Crippen LogP contribution in [0.3, 0.4) is 0 Å². The molecular formula is C12H22N2. The molecule has 2 unspecified atom stereocenters. The van der Waals surface area contributed by atoms with Gasteiger partial charge in [0.25, 0.3) is 0 Å². The fraction of sp³-hybridized carbons (Fsp3) is 1.00. The summed E-state index contributed by atoms with van der Waals surface area (Å²) in [5.74, 6) is 0. The van der Waals surface area contributed by atoms with Crippen molar-refractivity contribution in [2.75, 3.05) is 13.1 Å². The predicted molar refractivity (Wildman–Crippen MR) is 58.4 cm³/mol. The summed E-state index contributed by atoms with van der Waals surface area (Å²) in [6, 6.07) is 1.68. The normalized spacial score (nSPS) is 44.8. The van der Waals surface area contributed by atoms with E-state index in [0.717, 1.165) is 12.1 Å². The van der Waals surface area contributed by atoms with Crippen LogP contribution in [-0.4, -0.2) is 35.6 Å². The topological polar surface area (TPSA) is 15.3 Å². The molecule has 1 N–H and O–H groups in total. The van der Waals surface area contributed by atoms with Gasteiger partial charge in [0.05, 0.1) is 0 Å². The van der Waals surface area contributed by atoms with E-state index in [4.69, 9.17) is 0 Å². The minimum Gasteiger partial charge on any atom is -0.312 e. The second kappa shape index (κ2) is 3.21. The summed E-state index contributed by atoms with van der Waals surface area (Å²) in [6.07, 6.45) is 8.63. The summed E-state index contributed by atoms with van der Waals surface area (Å²) in [5, 5.41) is 3.69. The zero-order chi connectivity index (χ0) is 9.60. The molecule has 0 aromatic heterocycles. The monoisotopic (exact) mass is 194 g/mol. The van der Waals surface area contributed by atoms with Crippen LogP contribution in [0.5, 0.6) is 0 Å². The van der Waals surface area contributed by atoms with Crippen LogP contribution in [0, 0.1) is 0 Å². The van der Waals surface area contributed by atoms with Crippen molar-refractivity contribution >= 4 is 0 Å². The minimum absolute atomic E-state index is 0.555. The summed E-state index contributed by atoms with van der Waals surface area (Å²) in [7, 11) is 0. The maximum Gasteiger partial charge on any atom is 0.0363 e. The third-order valence-electron chi connectivity index (χ3n) is 4.61. The van der Waals surface area contributed by atoms with E-state index < -0.39 is 0 Å². The lowest BCUT2D eigenvalue weighted by atomic mass is 9.81. The van der Waals surface area contributed by atoms with E-state index in [1.54, 1.807) is 0 Å². The van der Waals surface area contributed by atoms with Gasteiger partial charge in [0, 0.05) is 17.6 Å². The Morgan fingerprint density at radius 1 is 1.21 bits per heavy atom. The van der Waals surface area contributed by atoms with Crippen LogP contribution in [0.1, 0.15) is 45.4 Å². The maximum atomic E-state index is 3.69. The first-order chi connectivity index (χ1) is 6.83. The fourth-order valence-electron chi connectivity index (χ4n) is 3.71. The first-order valence-corrected chi connectivity index (χ1v) is 6.33. The van der Waals surface area contributed by atoms with Gasteiger partial charge in [-0.2, -0.15) is 0 Å². The van der Waals surface area contributed by atoms with Gasteiger partial charge in [-0.25, -0.2) is 0 Å². The Hall–Kier alpha value is -0.0800. The van der Waals surface area contributed by atoms with Gasteiger partial charge in [-0.3, -0.25) is 4.90 Å². The molecule has 3 fully saturated rings. The largest absolute Gasteiger partial charge is 0.312 e. The smallest absolute Gasteiger partial charge is 0.0363 e. The van der Waals surface area contributed by atoms with Gasteiger partial charge in [-0.05, 0) is 58.5 Å². The van der Waals surface area contributed by atoms with E-state index in [1.807, 2.05) is 0 Å². The molecule has 1 saturated carbocycles. The van der Waals surface area contributed by atoms with E-state index in [1.165, 1.54) is 51.6 Å². The Morgan fingerprint density at radius 3 is 2.71 bits per heavy atom. The molecule has 2 saturated heterocycles. The fourth-order valence-corrected chi connectivity index (χ4v) is 3.71. The van der Waals surface area contributed by atoms with Crippen LogP contribution < -0.4 is 5.32 Å². The van der Waals surface area contributed by atoms with Crippen LogP contribution in [0.15, 0.2) is 0 Å². The Kier molecular flexibility index (Phi) is 2.10. The summed E-state index contributed by atoms with van der Waals surface area (Å²) in [5.41, 5.74) is 0.555. The van der Waals surface area contributed by atoms with Gasteiger partial charge < -0.3 is 5.32 Å². The minimum atomic E-state index is 0.555. The lowest BCUT2D eigenvalue weighted by Gasteiger charge is -2.47. The highest BCUT2D eigenvalue weighted by Crippen LogP contribution is 2.44. The standard InChI is InChI=1S/C12H22N2/c1-10-12(6-2-8-13-10)7-3-9-14(12)11-4-5-11/h10-11,13H,2-9H2,1H3. The van der Waals surface area contributed by atoms with Crippen LogP contribution in [0.25, 0.3) is 0 Å². The van der Waals surface area contributed by atoms with Crippen molar-refractivity contribution < 1.29 is 0 Å². The molecule has 0 radical (unpaired) electrons. The molecule has 0 aromatic rings. The Labute approximate surface area is 87.0 Å². The molecular weight excluding hydrogens is 172 g/mol. The predicted octanol–water partition coefficient (Wildman–Crippen LogP) is 1.76. The summed E-state index contributed by atoms with van der Waals surface area (Å²) in [4.78, 5) is 2.85. The Bertz CT molecular complexity index is 224. The number of hydrogen-bond acceptors (Lipinski definition) is 2. The molecule has 1 spiro atoms. The van der Waals surface area contributed by atoms with Gasteiger partial charge in [0.1, 0.15) is 0 Å². The number of nitrogens with zero attached hydrogens (tertiary/aromatic N) is 1. The van der Waals surface area contributed by atoms with Crippen molar-refractivity contribution in [2.24, 2.45) is 0 Å². The van der Waals surface area contributed by atoms with Crippen molar-refractivity contribution in [1.29, 1.82) is 0 Å². The van der Waals surface area contributed by atoms with Crippen molar-refractivity contribution in [3.8, 4) is 0 Å². The highest BCUT2D eigenvalue weighted by molar-refractivity contribution is 5.08. The molecule has 3 rings (SSSR count). The summed E-state index contributed by atoms with van der Waals surface area (Å²) < 4.78 is 0. The molecule has 0 amide bonds. The zero-order valence-electron chi connectivity index (χ0n) is 9.26. The number of nitrogens with one attached hydrogen (secondary N) is 1. The van der Waals surface area contributed by atoms with Crippen molar-refractivity contribution in [3.63, 3.8) is 0 Å². The van der Waals surface area contributed by atoms with E-state index in [2.05, 4.69) is 17.1 Å². The van der Waals surface area contributed by atoms with Crippen molar-refractivity contribution in [3.05, 3.63) is 0 Å². The van der Waals surface area contributed by atoms with Gasteiger partial charge in [0.15, 0.2) is 0 Å². The molecule has 80 valence electrons. The van der Waals surface area contributed by atoms with Crippen LogP contribution in [0.2, 0.25) is 0 Å². The van der Waals surface area contributed by atoms with Gasteiger partial charge in [-0.15, -0.1) is 0 Å². The first kappa shape index (κ1) is 9.17. The molecule has 0 aromatic carbocycles. The van der Waals surface area contributed by atoms with Gasteiger partial charge in [-0.1, -0.05) is 0 Å². The van der Waals surface area contributed by atoms with Crippen LogP contribution in [0.4, 0.5) is 0 Å². The number of hydrogen-bond donors (Lipinski definition) is 1. The summed E-state index contributed by atoms with van der Waals surface area (Å²) >= 11 is 0. The third-order valence-corrected chi connectivity index (χ3v) is 4.61. The molecule has 2 heterocycles. The Morgan fingerprint density at radius 2 is 2.00 bits per heavy atom. The molecule has 2 heteroatoms. The zero-order valence-corrected chi connectivity index (χ0v) is 9.26. The highest BCUT2D eigenvalue weighted by atomic mass is 15.3. The molecule has 1 aliphatic carbocycles. The quantitative estimate of drug-likeness (QED) is 0.684. The van der Waals surface area contributed by atoms with Crippen molar-refractivity contribution in [1.82, 2.24) is 10.2 Å². The van der Waals surface area contributed by atoms with Gasteiger partial charge in [0.2, 0.25) is 0 Å². The second-order valence-corrected chi connectivity index (χ2v) is 5.41. The number of piperidine rings is 1. The number of likely N-dealkylation sites (tertiary alicyclic amines) is 1. The Balaban J connectivity index is 1.83. The third kappa shape index (κ3) is 1.24. The lowest BCUT2D eigenvalue weighted by molar-refractivity contribution is 0.0611. The van der Waals surface area contributed by atoms with Gasteiger partial charge >= 0.3 is 0 Å². The molecule has 0 bridgehead atoms. The van der Waals surface area contributed by atoms with E-state index in [0.29, 0.717) is 5.54 Å². The van der Waals surface area contributed by atoms with E-state index >= 15 is 0 Å². The van der Waals surface area contributed by atoms with Crippen LogP contribution >= 0.6 is 0 Å². The lowest BCUT2D eigenvalue weighted by Crippen LogP contribution is -2.60. The molecule has 3 aliphatic rings. The highest BCUT2D eigenvalue weighted by Gasteiger charge is 2.50. The molecule has 2 atom stereocenters. The maximum absolute atomic E-state index is 3.69. The van der Waals surface area contributed by atoms with Crippen LogP contribution in [-0.2, 0) is 0 Å². The second-order valence-electron chi connectivity index (χ2n) is 5.41. The van der Waals surface area contributed by atoms with E-state index in [-0.39, 0.29) is 0 Å². The van der Waals surface area contributed by atoms with E-state index in [9.17, 15) is 0 Å². The average molecular weight is 194 g/mol. The van der Waals surface area contributed by atoms with Crippen molar-refractivity contribution in [2.45, 2.75) is 63.1 Å². The molecule has 14 heavy (non-hydrogen) atoms.